The lowest BCUT2D eigenvalue weighted by Gasteiger charge is -1.94. The molecule has 0 aliphatic carbocycles. The van der Waals surface area contributed by atoms with Crippen molar-refractivity contribution in [2.24, 2.45) is 0 Å². The highest BCUT2D eigenvalue weighted by atomic mass is 35.5. The zero-order valence-electron chi connectivity index (χ0n) is 8.11. The second-order valence-electron chi connectivity index (χ2n) is 3.03. The molecular weight excluding hydrogens is 232 g/mol. The van der Waals surface area contributed by atoms with Crippen molar-refractivity contribution in [2.45, 2.75) is 13.3 Å². The van der Waals surface area contributed by atoms with E-state index in [1.165, 1.54) is 11.3 Å². The summed E-state index contributed by atoms with van der Waals surface area (Å²) in [4.78, 5) is 15.7. The van der Waals surface area contributed by atoms with E-state index >= 15 is 0 Å². The second kappa shape index (κ2) is 4.16. The van der Waals surface area contributed by atoms with E-state index in [2.05, 4.69) is 4.98 Å². The van der Waals surface area contributed by atoms with Crippen LogP contribution >= 0.6 is 22.9 Å². The van der Waals surface area contributed by atoms with E-state index in [1.807, 2.05) is 22.9 Å². The maximum Gasteiger partial charge on any atom is 0.195 e. The third kappa shape index (κ3) is 1.82. The van der Waals surface area contributed by atoms with Crippen LogP contribution in [0.15, 0.2) is 17.2 Å². The zero-order valence-corrected chi connectivity index (χ0v) is 9.68. The van der Waals surface area contributed by atoms with Crippen molar-refractivity contribution in [2.75, 3.05) is 0 Å². The largest absolute Gasteiger partial charge is 0.298 e. The smallest absolute Gasteiger partial charge is 0.195 e. The van der Waals surface area contributed by atoms with Crippen molar-refractivity contribution in [1.82, 2.24) is 9.38 Å². The van der Waals surface area contributed by atoms with Crippen molar-refractivity contribution in [3.63, 3.8) is 0 Å². The molecule has 0 amide bonds. The molecule has 2 aromatic heterocycles. The third-order valence-electron chi connectivity index (χ3n) is 2.14. The van der Waals surface area contributed by atoms with E-state index in [0.29, 0.717) is 17.1 Å². The monoisotopic (exact) mass is 240 g/mol. The van der Waals surface area contributed by atoms with Gasteiger partial charge in [0.1, 0.15) is 6.29 Å². The van der Waals surface area contributed by atoms with Gasteiger partial charge in [0, 0.05) is 11.6 Å². The first-order chi connectivity index (χ1) is 7.26. The molecule has 0 fully saturated rings. The quantitative estimate of drug-likeness (QED) is 0.611. The minimum absolute atomic E-state index is 0.439. The Kier molecular flexibility index (Phi) is 2.88. The first-order valence-electron chi connectivity index (χ1n) is 4.53. The lowest BCUT2D eigenvalue weighted by molar-refractivity contribution is -0.104. The van der Waals surface area contributed by atoms with Gasteiger partial charge in [0.2, 0.25) is 0 Å². The van der Waals surface area contributed by atoms with Gasteiger partial charge >= 0.3 is 0 Å². The van der Waals surface area contributed by atoms with Crippen LogP contribution in [0.25, 0.3) is 11.0 Å². The number of allylic oxidation sites excluding steroid dienone is 1. The number of carbonyl (C=O) groups is 1. The van der Waals surface area contributed by atoms with Gasteiger partial charge in [-0.25, -0.2) is 4.98 Å². The summed E-state index contributed by atoms with van der Waals surface area (Å²) in [6.07, 6.45) is 5.21. The molecule has 0 aliphatic rings. The molecule has 0 atom stereocenters. The van der Waals surface area contributed by atoms with E-state index in [4.69, 9.17) is 11.6 Å². The highest BCUT2D eigenvalue weighted by Crippen LogP contribution is 2.23. The van der Waals surface area contributed by atoms with Crippen LogP contribution in [0.1, 0.15) is 19.0 Å². The van der Waals surface area contributed by atoms with Gasteiger partial charge in [-0.3, -0.25) is 9.20 Å². The normalized spacial score (nSPS) is 12.3. The van der Waals surface area contributed by atoms with Gasteiger partial charge in [-0.15, -0.1) is 11.3 Å². The number of carbonyl (C=O) groups excluding carboxylic acids is 1. The summed E-state index contributed by atoms with van der Waals surface area (Å²) in [5, 5.41) is 2.37. The molecule has 5 heteroatoms. The molecule has 0 aliphatic heterocycles. The Balaban J connectivity index is 2.58. The molecule has 15 heavy (non-hydrogen) atoms. The molecule has 0 unspecified atom stereocenters. The number of imidazole rings is 1. The van der Waals surface area contributed by atoms with Gasteiger partial charge in [-0.2, -0.15) is 0 Å². The SMILES string of the molecule is CCC(C=O)=Cc1c(Cl)nc2sccn12. The van der Waals surface area contributed by atoms with Crippen LogP contribution < -0.4 is 0 Å². The van der Waals surface area contributed by atoms with Crippen LogP contribution in [-0.2, 0) is 4.79 Å². The van der Waals surface area contributed by atoms with Crippen LogP contribution in [0.3, 0.4) is 0 Å². The summed E-state index contributed by atoms with van der Waals surface area (Å²) in [5.41, 5.74) is 1.49. The van der Waals surface area contributed by atoms with Gasteiger partial charge in [-0.05, 0) is 18.1 Å². The van der Waals surface area contributed by atoms with Crippen LogP contribution in [0.2, 0.25) is 5.15 Å². The number of hydrogen-bond donors (Lipinski definition) is 0. The Labute approximate surface area is 96.0 Å². The standard InChI is InChI=1S/C10H9ClN2OS/c1-2-7(6-14)5-8-9(11)12-10-13(8)3-4-15-10/h3-6H,2H2,1H3. The van der Waals surface area contributed by atoms with E-state index in [-0.39, 0.29) is 0 Å². The average molecular weight is 241 g/mol. The Morgan fingerprint density at radius 3 is 3.20 bits per heavy atom. The van der Waals surface area contributed by atoms with Crippen molar-refractivity contribution in [3.8, 4) is 0 Å². The number of aromatic nitrogens is 2. The number of rotatable bonds is 3. The first kappa shape index (κ1) is 10.4. The molecule has 0 radical (unpaired) electrons. The number of halogens is 1. The van der Waals surface area contributed by atoms with Crippen molar-refractivity contribution in [1.29, 1.82) is 0 Å². The average Bonchev–Trinajstić information content (AvgIpc) is 2.77. The summed E-state index contributed by atoms with van der Waals surface area (Å²) in [5.74, 6) is 0. The molecule has 0 saturated carbocycles. The Bertz CT molecular complexity index is 526. The molecular formula is C10H9ClN2OS. The number of nitrogens with zero attached hydrogens (tertiary/aromatic N) is 2. The first-order valence-corrected chi connectivity index (χ1v) is 5.78. The molecule has 3 nitrogen and oxygen atoms in total. The summed E-state index contributed by atoms with van der Waals surface area (Å²) in [6, 6.07) is 0. The Morgan fingerprint density at radius 2 is 2.53 bits per heavy atom. The molecule has 0 aromatic carbocycles. The van der Waals surface area contributed by atoms with Crippen molar-refractivity contribution >= 4 is 40.3 Å². The van der Waals surface area contributed by atoms with Gasteiger partial charge < -0.3 is 0 Å². The fraction of sp³-hybridized carbons (Fsp3) is 0.200. The molecule has 0 saturated heterocycles. The van der Waals surface area contributed by atoms with E-state index < -0.39 is 0 Å². The Morgan fingerprint density at radius 1 is 1.73 bits per heavy atom. The number of aldehydes is 1. The molecule has 0 spiro atoms. The van der Waals surface area contributed by atoms with Crippen molar-refractivity contribution < 1.29 is 4.79 Å². The minimum atomic E-state index is 0.439. The summed E-state index contributed by atoms with van der Waals surface area (Å²) >= 11 is 7.50. The predicted octanol–water partition coefficient (Wildman–Crippen LogP) is 3.04. The van der Waals surface area contributed by atoms with Crippen LogP contribution in [0.4, 0.5) is 0 Å². The van der Waals surface area contributed by atoms with E-state index in [1.54, 1.807) is 6.08 Å². The summed E-state index contributed by atoms with van der Waals surface area (Å²) < 4.78 is 1.88. The zero-order chi connectivity index (χ0) is 10.8. The van der Waals surface area contributed by atoms with E-state index in [9.17, 15) is 4.79 Å². The minimum Gasteiger partial charge on any atom is -0.298 e. The number of thiazole rings is 1. The number of fused-ring (bicyclic) bond motifs is 1. The van der Waals surface area contributed by atoms with Gasteiger partial charge in [0.15, 0.2) is 10.1 Å². The second-order valence-corrected chi connectivity index (χ2v) is 4.27. The molecule has 2 rings (SSSR count). The Hall–Kier alpha value is -1.13. The molecule has 0 bridgehead atoms. The van der Waals surface area contributed by atoms with Gasteiger partial charge in [0.05, 0.1) is 5.69 Å². The molecule has 2 heterocycles. The topological polar surface area (TPSA) is 34.4 Å². The van der Waals surface area contributed by atoms with Crippen LogP contribution in [-0.4, -0.2) is 15.7 Å². The van der Waals surface area contributed by atoms with Gasteiger partial charge in [-0.1, -0.05) is 18.5 Å². The fourth-order valence-corrected chi connectivity index (χ4v) is 2.30. The highest BCUT2D eigenvalue weighted by Gasteiger charge is 2.09. The van der Waals surface area contributed by atoms with E-state index in [0.717, 1.165) is 16.9 Å². The summed E-state index contributed by atoms with van der Waals surface area (Å²) in [6.45, 7) is 1.93. The molecule has 0 N–H and O–H groups in total. The third-order valence-corrected chi connectivity index (χ3v) is 3.17. The number of hydrogen-bond acceptors (Lipinski definition) is 3. The molecule has 78 valence electrons. The maximum absolute atomic E-state index is 10.7. The maximum atomic E-state index is 10.7. The fourth-order valence-electron chi connectivity index (χ4n) is 1.30. The van der Waals surface area contributed by atoms with Gasteiger partial charge in [0.25, 0.3) is 0 Å². The van der Waals surface area contributed by atoms with Crippen molar-refractivity contribution in [3.05, 3.63) is 28.0 Å². The van der Waals surface area contributed by atoms with Crippen LogP contribution in [0.5, 0.6) is 0 Å². The lowest BCUT2D eigenvalue weighted by atomic mass is 10.2. The molecule has 2 aromatic rings. The highest BCUT2D eigenvalue weighted by molar-refractivity contribution is 7.15. The van der Waals surface area contributed by atoms with Crippen LogP contribution in [0, 0.1) is 0 Å². The lowest BCUT2D eigenvalue weighted by Crippen LogP contribution is -1.86. The predicted molar refractivity (Wildman–Crippen MR) is 62.4 cm³/mol. The summed E-state index contributed by atoms with van der Waals surface area (Å²) in [7, 11) is 0.